The number of piperazine rings is 1. The van der Waals surface area contributed by atoms with E-state index in [1.807, 2.05) is 12.3 Å². The second kappa shape index (κ2) is 8.68. The normalized spacial score (nSPS) is 16.7. The molecule has 0 N–H and O–H groups in total. The van der Waals surface area contributed by atoms with Crippen LogP contribution in [0.25, 0.3) is 10.9 Å². The number of nitrogens with zero attached hydrogens (tertiary/aromatic N) is 3. The number of hydrogen-bond donors (Lipinski definition) is 0. The Morgan fingerprint density at radius 1 is 0.933 bits per heavy atom. The number of fused-ring (bicyclic) bond motifs is 1. The Bertz CT molecular complexity index is 1090. The summed E-state index contributed by atoms with van der Waals surface area (Å²) in [5.41, 5.74) is 6.51. The van der Waals surface area contributed by atoms with E-state index >= 15 is 0 Å². The Kier molecular flexibility index (Phi) is 5.63. The molecule has 3 heterocycles. The Morgan fingerprint density at radius 3 is 2.50 bits per heavy atom. The minimum absolute atomic E-state index is 0.229. The number of thiophene rings is 1. The summed E-state index contributed by atoms with van der Waals surface area (Å²) in [6, 6.07) is 22.3. The molecule has 1 aliphatic rings. The van der Waals surface area contributed by atoms with Crippen LogP contribution in [0.15, 0.2) is 77.6 Å². The van der Waals surface area contributed by atoms with Crippen LogP contribution in [0.4, 0.5) is 0 Å². The average Bonchev–Trinajstić information content (AvgIpc) is 3.30. The van der Waals surface area contributed by atoms with E-state index in [1.165, 1.54) is 27.6 Å². The lowest BCUT2D eigenvalue weighted by molar-refractivity contribution is 0.105. The average molecular weight is 414 g/mol. The molecule has 3 nitrogen and oxygen atoms in total. The van der Waals surface area contributed by atoms with Gasteiger partial charge in [0.05, 0.1) is 11.6 Å². The molecule has 1 saturated heterocycles. The second-order valence-electron chi connectivity index (χ2n) is 8.18. The molecule has 1 unspecified atom stereocenters. The van der Waals surface area contributed by atoms with Crippen LogP contribution >= 0.6 is 11.3 Å². The zero-order valence-electron chi connectivity index (χ0n) is 17.4. The number of benzene rings is 2. The number of rotatable bonds is 5. The van der Waals surface area contributed by atoms with Crippen LogP contribution in [0.3, 0.4) is 0 Å². The van der Waals surface area contributed by atoms with Crippen molar-refractivity contribution in [2.75, 3.05) is 26.2 Å². The quantitative estimate of drug-likeness (QED) is 0.430. The van der Waals surface area contributed by atoms with Gasteiger partial charge in [-0.3, -0.25) is 14.8 Å². The molecule has 1 fully saturated rings. The standard InChI is InChI=1S/C26H27N3S/c1-20-7-9-23(10-8-20)26(24-6-2-4-22-5-3-12-27-25(22)24)29-15-13-28(14-16-29)18-21-11-17-30-19-21/h2-12,17,19,26H,13-16,18H2,1H3. The van der Waals surface area contributed by atoms with Gasteiger partial charge in [0, 0.05) is 49.9 Å². The summed E-state index contributed by atoms with van der Waals surface area (Å²) in [7, 11) is 0. The molecule has 0 aliphatic carbocycles. The summed E-state index contributed by atoms with van der Waals surface area (Å²) in [5, 5.41) is 5.65. The van der Waals surface area contributed by atoms with E-state index in [1.54, 1.807) is 11.3 Å². The predicted molar refractivity (Wildman–Crippen MR) is 126 cm³/mol. The highest BCUT2D eigenvalue weighted by molar-refractivity contribution is 7.07. The van der Waals surface area contributed by atoms with Crippen molar-refractivity contribution >= 4 is 22.2 Å². The molecule has 1 aliphatic heterocycles. The third kappa shape index (κ3) is 4.04. The molecule has 4 heteroatoms. The van der Waals surface area contributed by atoms with Gasteiger partial charge in [-0.15, -0.1) is 0 Å². The van der Waals surface area contributed by atoms with Gasteiger partial charge in [-0.1, -0.05) is 54.1 Å². The molecule has 0 spiro atoms. The van der Waals surface area contributed by atoms with Crippen molar-refractivity contribution < 1.29 is 0 Å². The molecule has 0 amide bonds. The lowest BCUT2D eigenvalue weighted by Crippen LogP contribution is -2.47. The highest BCUT2D eigenvalue weighted by atomic mass is 32.1. The lowest BCUT2D eigenvalue weighted by Gasteiger charge is -2.40. The number of para-hydroxylation sites is 1. The predicted octanol–water partition coefficient (Wildman–Crippen LogP) is 5.51. The van der Waals surface area contributed by atoms with Gasteiger partial charge in [-0.05, 0) is 40.9 Å². The highest BCUT2D eigenvalue weighted by Gasteiger charge is 2.28. The third-order valence-electron chi connectivity index (χ3n) is 6.11. The van der Waals surface area contributed by atoms with Crippen LogP contribution in [0, 0.1) is 6.92 Å². The molecular weight excluding hydrogens is 386 g/mol. The van der Waals surface area contributed by atoms with Gasteiger partial charge in [-0.25, -0.2) is 0 Å². The van der Waals surface area contributed by atoms with E-state index in [2.05, 4.69) is 82.1 Å². The van der Waals surface area contributed by atoms with Crippen LogP contribution in [0.2, 0.25) is 0 Å². The molecule has 5 rings (SSSR count). The van der Waals surface area contributed by atoms with Crippen LogP contribution in [-0.4, -0.2) is 41.0 Å². The maximum Gasteiger partial charge on any atom is 0.0753 e. The van der Waals surface area contributed by atoms with Gasteiger partial charge in [-0.2, -0.15) is 11.3 Å². The fraction of sp³-hybridized carbons (Fsp3) is 0.269. The van der Waals surface area contributed by atoms with E-state index in [4.69, 9.17) is 4.98 Å². The van der Waals surface area contributed by atoms with Crippen molar-refractivity contribution in [3.05, 3.63) is 99.9 Å². The summed E-state index contributed by atoms with van der Waals surface area (Å²) >= 11 is 1.79. The van der Waals surface area contributed by atoms with Gasteiger partial charge in [0.15, 0.2) is 0 Å². The monoisotopic (exact) mass is 413 g/mol. The van der Waals surface area contributed by atoms with E-state index < -0.39 is 0 Å². The molecule has 152 valence electrons. The first-order valence-electron chi connectivity index (χ1n) is 10.7. The first-order chi connectivity index (χ1) is 14.8. The van der Waals surface area contributed by atoms with Crippen molar-refractivity contribution in [1.29, 1.82) is 0 Å². The molecule has 4 aromatic rings. The maximum absolute atomic E-state index is 4.77. The van der Waals surface area contributed by atoms with Gasteiger partial charge in [0.25, 0.3) is 0 Å². The number of pyridine rings is 1. The van der Waals surface area contributed by atoms with Crippen LogP contribution in [0.5, 0.6) is 0 Å². The minimum Gasteiger partial charge on any atom is -0.297 e. The van der Waals surface area contributed by atoms with Crippen molar-refractivity contribution in [2.45, 2.75) is 19.5 Å². The number of aryl methyl sites for hydroxylation is 1. The molecule has 0 bridgehead atoms. The molecule has 0 saturated carbocycles. The first-order valence-corrected chi connectivity index (χ1v) is 11.6. The molecule has 30 heavy (non-hydrogen) atoms. The Hall–Kier alpha value is -2.53. The molecule has 2 aromatic carbocycles. The minimum atomic E-state index is 0.229. The summed E-state index contributed by atoms with van der Waals surface area (Å²) in [6.45, 7) is 7.52. The zero-order chi connectivity index (χ0) is 20.3. The summed E-state index contributed by atoms with van der Waals surface area (Å²) in [6.07, 6.45) is 1.91. The number of hydrogen-bond acceptors (Lipinski definition) is 4. The van der Waals surface area contributed by atoms with Gasteiger partial charge < -0.3 is 0 Å². The van der Waals surface area contributed by atoms with Crippen molar-refractivity contribution in [3.8, 4) is 0 Å². The summed E-state index contributed by atoms with van der Waals surface area (Å²) in [4.78, 5) is 9.98. The summed E-state index contributed by atoms with van der Waals surface area (Å²) in [5.74, 6) is 0. The van der Waals surface area contributed by atoms with Gasteiger partial charge in [0.1, 0.15) is 0 Å². The molecule has 0 radical (unpaired) electrons. The Morgan fingerprint density at radius 2 is 1.73 bits per heavy atom. The number of aromatic nitrogens is 1. The Balaban J connectivity index is 1.46. The largest absolute Gasteiger partial charge is 0.297 e. The smallest absolute Gasteiger partial charge is 0.0753 e. The Labute approximate surface area is 182 Å². The fourth-order valence-electron chi connectivity index (χ4n) is 4.50. The van der Waals surface area contributed by atoms with E-state index in [0.717, 1.165) is 38.2 Å². The van der Waals surface area contributed by atoms with E-state index in [9.17, 15) is 0 Å². The SMILES string of the molecule is Cc1ccc(C(c2cccc3cccnc23)N2CCN(Cc3ccsc3)CC2)cc1. The summed E-state index contributed by atoms with van der Waals surface area (Å²) < 4.78 is 0. The maximum atomic E-state index is 4.77. The van der Waals surface area contributed by atoms with E-state index in [-0.39, 0.29) is 6.04 Å². The van der Waals surface area contributed by atoms with Gasteiger partial charge >= 0.3 is 0 Å². The second-order valence-corrected chi connectivity index (χ2v) is 8.96. The lowest BCUT2D eigenvalue weighted by atomic mass is 9.93. The third-order valence-corrected chi connectivity index (χ3v) is 6.84. The first kappa shape index (κ1) is 19.4. The van der Waals surface area contributed by atoms with Crippen molar-refractivity contribution in [2.24, 2.45) is 0 Å². The fourth-order valence-corrected chi connectivity index (χ4v) is 5.16. The highest BCUT2D eigenvalue weighted by Crippen LogP contribution is 2.33. The topological polar surface area (TPSA) is 19.4 Å². The van der Waals surface area contributed by atoms with Crippen LogP contribution in [-0.2, 0) is 6.54 Å². The van der Waals surface area contributed by atoms with Crippen LogP contribution in [0.1, 0.15) is 28.3 Å². The zero-order valence-corrected chi connectivity index (χ0v) is 18.2. The molecule has 1 atom stereocenters. The van der Waals surface area contributed by atoms with E-state index in [0.29, 0.717) is 0 Å². The van der Waals surface area contributed by atoms with Gasteiger partial charge in [0.2, 0.25) is 0 Å². The molecule has 2 aromatic heterocycles. The van der Waals surface area contributed by atoms with Crippen molar-refractivity contribution in [3.63, 3.8) is 0 Å². The van der Waals surface area contributed by atoms with Crippen LogP contribution < -0.4 is 0 Å². The van der Waals surface area contributed by atoms with Crippen molar-refractivity contribution in [1.82, 2.24) is 14.8 Å². The molecular formula is C26H27N3S.